The van der Waals surface area contributed by atoms with Crippen LogP contribution in [0.4, 0.5) is 0 Å². The number of hydrogen-bond acceptors (Lipinski definition) is 3. The van der Waals surface area contributed by atoms with Gasteiger partial charge in [-0.05, 0) is 17.7 Å². The normalized spacial score (nSPS) is 11.0. The quantitative estimate of drug-likeness (QED) is 0.698. The maximum absolute atomic E-state index is 12.2. The summed E-state index contributed by atoms with van der Waals surface area (Å²) in [5.74, 6) is 0. The van der Waals surface area contributed by atoms with Gasteiger partial charge in [0.15, 0.2) is 5.65 Å². The van der Waals surface area contributed by atoms with Crippen LogP contribution >= 0.6 is 15.9 Å². The molecular formula is C15H13BrN4O2. The molecule has 2 heterocycles. The molecule has 1 aromatic carbocycles. The van der Waals surface area contributed by atoms with E-state index in [1.54, 1.807) is 13.2 Å². The Morgan fingerprint density at radius 1 is 1.14 bits per heavy atom. The second kappa shape index (κ2) is 5.10. The first-order valence-corrected chi connectivity index (χ1v) is 7.30. The van der Waals surface area contributed by atoms with Gasteiger partial charge in [0.05, 0.1) is 5.70 Å². The van der Waals surface area contributed by atoms with Crippen molar-refractivity contribution in [3.8, 4) is 0 Å². The first kappa shape index (κ1) is 14.5. The Labute approximate surface area is 134 Å². The lowest BCUT2D eigenvalue weighted by Crippen LogP contribution is -2.36. The summed E-state index contributed by atoms with van der Waals surface area (Å²) in [6.07, 6.45) is 1.60. The summed E-state index contributed by atoms with van der Waals surface area (Å²) in [4.78, 5) is 24.1. The number of aromatic nitrogens is 4. The Morgan fingerprint density at radius 3 is 2.41 bits per heavy atom. The summed E-state index contributed by atoms with van der Waals surface area (Å²) in [7, 11) is 3.04. The second-order valence-electron chi connectivity index (χ2n) is 4.97. The topological polar surface area (TPSA) is 61.8 Å². The van der Waals surface area contributed by atoms with E-state index in [2.05, 4.69) is 27.6 Å². The molecule has 0 spiro atoms. The van der Waals surface area contributed by atoms with Gasteiger partial charge in [-0.2, -0.15) is 0 Å². The molecule has 0 saturated heterocycles. The second-order valence-corrected chi connectivity index (χ2v) is 5.89. The van der Waals surface area contributed by atoms with E-state index in [0.29, 0.717) is 16.7 Å². The molecule has 0 N–H and O–H groups in total. The zero-order chi connectivity index (χ0) is 16.0. The number of rotatable bonds is 2. The highest BCUT2D eigenvalue weighted by Crippen LogP contribution is 2.19. The summed E-state index contributed by atoms with van der Waals surface area (Å²) < 4.78 is 4.90. The number of aryl methyl sites for hydroxylation is 1. The summed E-state index contributed by atoms with van der Waals surface area (Å²) in [5, 5.41) is 4.71. The number of nitrogens with zero attached hydrogens (tertiary/aromatic N) is 4. The number of halogens is 1. The van der Waals surface area contributed by atoms with Crippen molar-refractivity contribution in [2.24, 2.45) is 14.1 Å². The van der Waals surface area contributed by atoms with Crippen molar-refractivity contribution in [3.05, 3.63) is 67.9 Å². The summed E-state index contributed by atoms with van der Waals surface area (Å²) in [6, 6.07) is 7.60. The van der Waals surface area contributed by atoms with Crippen LogP contribution in [0.25, 0.3) is 16.7 Å². The highest BCUT2D eigenvalue weighted by molar-refractivity contribution is 9.10. The van der Waals surface area contributed by atoms with Gasteiger partial charge in [-0.25, -0.2) is 9.48 Å². The maximum atomic E-state index is 12.2. The minimum Gasteiger partial charge on any atom is -0.279 e. The van der Waals surface area contributed by atoms with Crippen LogP contribution in [-0.2, 0) is 14.1 Å². The van der Waals surface area contributed by atoms with Crippen LogP contribution in [0.15, 0.2) is 51.1 Å². The van der Waals surface area contributed by atoms with E-state index in [1.807, 2.05) is 24.3 Å². The van der Waals surface area contributed by atoms with E-state index in [9.17, 15) is 9.59 Å². The van der Waals surface area contributed by atoms with Crippen LogP contribution in [0.5, 0.6) is 0 Å². The SMILES string of the molecule is C=C(c1ccc(Br)cc1)n1cc2c(=O)n(C)c(=O)n(C)c2n1. The van der Waals surface area contributed by atoms with Crippen LogP contribution in [0.1, 0.15) is 5.56 Å². The first-order valence-electron chi connectivity index (χ1n) is 6.51. The average molecular weight is 361 g/mol. The third-order valence-corrected chi connectivity index (χ3v) is 4.10. The number of hydrogen-bond donors (Lipinski definition) is 0. The Hall–Kier alpha value is -2.41. The van der Waals surface area contributed by atoms with E-state index >= 15 is 0 Å². The third-order valence-electron chi connectivity index (χ3n) is 3.58. The molecule has 112 valence electrons. The maximum Gasteiger partial charge on any atom is 0.332 e. The molecule has 7 heteroatoms. The van der Waals surface area contributed by atoms with Gasteiger partial charge in [0.25, 0.3) is 5.56 Å². The molecule has 0 atom stereocenters. The minimum absolute atomic E-state index is 0.339. The smallest absolute Gasteiger partial charge is 0.279 e. The van der Waals surface area contributed by atoms with Crippen molar-refractivity contribution in [1.82, 2.24) is 18.9 Å². The highest BCUT2D eigenvalue weighted by Gasteiger charge is 2.14. The largest absolute Gasteiger partial charge is 0.332 e. The van der Waals surface area contributed by atoms with Crippen molar-refractivity contribution in [3.63, 3.8) is 0 Å². The molecule has 22 heavy (non-hydrogen) atoms. The van der Waals surface area contributed by atoms with Gasteiger partial charge in [0.1, 0.15) is 5.39 Å². The highest BCUT2D eigenvalue weighted by atomic mass is 79.9. The molecule has 0 aliphatic rings. The van der Waals surface area contributed by atoms with Gasteiger partial charge in [0.2, 0.25) is 0 Å². The Bertz CT molecular complexity index is 1010. The van der Waals surface area contributed by atoms with Crippen molar-refractivity contribution in [1.29, 1.82) is 0 Å². The molecule has 0 aliphatic carbocycles. The van der Waals surface area contributed by atoms with E-state index in [4.69, 9.17) is 0 Å². The van der Waals surface area contributed by atoms with E-state index in [0.717, 1.165) is 14.6 Å². The van der Waals surface area contributed by atoms with E-state index in [-0.39, 0.29) is 5.56 Å². The van der Waals surface area contributed by atoms with Crippen LogP contribution < -0.4 is 11.2 Å². The molecular weight excluding hydrogens is 348 g/mol. The Balaban J connectivity index is 2.21. The third kappa shape index (κ3) is 2.14. The monoisotopic (exact) mass is 360 g/mol. The molecule has 0 unspecified atom stereocenters. The minimum atomic E-state index is -0.406. The molecule has 0 amide bonds. The molecule has 6 nitrogen and oxygen atoms in total. The van der Waals surface area contributed by atoms with Gasteiger partial charge in [-0.15, -0.1) is 5.10 Å². The lowest BCUT2D eigenvalue weighted by Gasteiger charge is -2.05. The molecule has 0 radical (unpaired) electrons. The van der Waals surface area contributed by atoms with Crippen molar-refractivity contribution < 1.29 is 0 Å². The number of fused-ring (bicyclic) bond motifs is 1. The molecule has 3 rings (SSSR count). The lowest BCUT2D eigenvalue weighted by atomic mass is 10.2. The van der Waals surface area contributed by atoms with Gasteiger partial charge in [-0.1, -0.05) is 34.6 Å². The van der Waals surface area contributed by atoms with Crippen molar-refractivity contribution in [2.45, 2.75) is 0 Å². The Kier molecular flexibility index (Phi) is 3.37. The molecule has 3 aromatic rings. The summed E-state index contributed by atoms with van der Waals surface area (Å²) in [5.41, 5.74) is 1.06. The van der Waals surface area contributed by atoms with E-state index in [1.165, 1.54) is 16.3 Å². The van der Waals surface area contributed by atoms with Gasteiger partial charge < -0.3 is 0 Å². The van der Waals surface area contributed by atoms with Gasteiger partial charge in [-0.3, -0.25) is 13.9 Å². The zero-order valence-electron chi connectivity index (χ0n) is 12.1. The van der Waals surface area contributed by atoms with Gasteiger partial charge in [0, 0.05) is 24.8 Å². The molecule has 0 aliphatic heterocycles. The number of benzene rings is 1. The average Bonchev–Trinajstić information content (AvgIpc) is 2.96. The Morgan fingerprint density at radius 2 is 1.77 bits per heavy atom. The predicted octanol–water partition coefficient (Wildman–Crippen LogP) is 1.72. The van der Waals surface area contributed by atoms with Crippen LogP contribution in [0, 0.1) is 0 Å². The van der Waals surface area contributed by atoms with Crippen molar-refractivity contribution >= 4 is 32.7 Å². The first-order chi connectivity index (χ1) is 10.4. The molecule has 2 aromatic heterocycles. The van der Waals surface area contributed by atoms with Gasteiger partial charge >= 0.3 is 5.69 Å². The van der Waals surface area contributed by atoms with Crippen molar-refractivity contribution in [2.75, 3.05) is 0 Å². The molecule has 0 fully saturated rings. The fourth-order valence-electron chi connectivity index (χ4n) is 2.26. The van der Waals surface area contributed by atoms with Crippen LogP contribution in [0.3, 0.4) is 0 Å². The van der Waals surface area contributed by atoms with Crippen LogP contribution in [-0.4, -0.2) is 18.9 Å². The molecule has 0 bridgehead atoms. The van der Waals surface area contributed by atoms with Crippen LogP contribution in [0.2, 0.25) is 0 Å². The fraction of sp³-hybridized carbons (Fsp3) is 0.133. The zero-order valence-corrected chi connectivity index (χ0v) is 13.7. The summed E-state index contributed by atoms with van der Waals surface area (Å²) >= 11 is 3.38. The van der Waals surface area contributed by atoms with E-state index < -0.39 is 5.69 Å². The molecule has 0 saturated carbocycles. The standard InChI is InChI=1S/C15H13BrN4O2/c1-9(10-4-6-11(16)7-5-10)20-8-12-13(17-20)18(2)15(22)19(3)14(12)21/h4-8H,1H2,2-3H3. The summed E-state index contributed by atoms with van der Waals surface area (Å²) in [6.45, 7) is 4.01. The predicted molar refractivity (Wildman–Crippen MR) is 88.8 cm³/mol. The lowest BCUT2D eigenvalue weighted by molar-refractivity contribution is 0.706. The fourth-order valence-corrected chi connectivity index (χ4v) is 2.52.